The van der Waals surface area contributed by atoms with Gasteiger partial charge in [-0.1, -0.05) is 64.5 Å². The van der Waals surface area contributed by atoms with E-state index in [9.17, 15) is 14.7 Å². The maximum atomic E-state index is 12.9. The molecule has 1 N–H and O–H groups in total. The maximum Gasteiger partial charge on any atom is 0.343 e. The number of aromatic carboxylic acids is 1. The molecule has 0 fully saturated rings. The quantitative estimate of drug-likeness (QED) is 0.0816. The van der Waals surface area contributed by atoms with Crippen molar-refractivity contribution in [1.29, 1.82) is 0 Å². The number of benzene rings is 3. The van der Waals surface area contributed by atoms with Crippen LogP contribution in [-0.2, 0) is 6.42 Å². The van der Waals surface area contributed by atoms with Crippen molar-refractivity contribution in [3.8, 4) is 11.5 Å². The Morgan fingerprint density at radius 1 is 0.872 bits per heavy atom. The molecule has 0 amide bonds. The van der Waals surface area contributed by atoms with Crippen molar-refractivity contribution in [3.05, 3.63) is 83.9 Å². The number of ether oxygens (including phenoxy) is 2. The fourth-order valence-electron chi connectivity index (χ4n) is 4.60. The molecule has 0 bridgehead atoms. The van der Waals surface area contributed by atoms with Crippen LogP contribution in [0.1, 0.15) is 97.9 Å². The highest BCUT2D eigenvalue weighted by Crippen LogP contribution is 2.30. The van der Waals surface area contributed by atoms with E-state index >= 15 is 0 Å². The Hall–Kier alpha value is -3.60. The summed E-state index contributed by atoms with van der Waals surface area (Å²) < 4.78 is 11.6. The minimum Gasteiger partial charge on any atom is -0.494 e. The van der Waals surface area contributed by atoms with Crippen LogP contribution in [0.4, 0.5) is 0 Å². The molecule has 5 heteroatoms. The Morgan fingerprint density at radius 3 is 2.21 bits per heavy atom. The first kappa shape index (κ1) is 29.9. The normalized spacial score (nSPS) is 11.7. The molecule has 0 aliphatic rings. The molecule has 3 aromatic rings. The number of carbonyl (C=O) groups excluding carboxylic acids is 1. The molecule has 0 aromatic heterocycles. The topological polar surface area (TPSA) is 72.8 Å². The number of carbonyl (C=O) groups is 2. The summed E-state index contributed by atoms with van der Waals surface area (Å²) in [6.45, 7) is 8.71. The summed E-state index contributed by atoms with van der Waals surface area (Å²) in [6, 6.07) is 15.7. The highest BCUT2D eigenvalue weighted by atomic mass is 16.5. The molecule has 1 unspecified atom stereocenters. The van der Waals surface area contributed by atoms with E-state index in [4.69, 9.17) is 9.47 Å². The van der Waals surface area contributed by atoms with Crippen molar-refractivity contribution in [3.63, 3.8) is 0 Å². The molecule has 1 atom stereocenters. The van der Waals surface area contributed by atoms with Crippen molar-refractivity contribution in [1.82, 2.24) is 0 Å². The van der Waals surface area contributed by atoms with Crippen molar-refractivity contribution in [2.24, 2.45) is 5.92 Å². The summed E-state index contributed by atoms with van der Waals surface area (Å²) in [5, 5.41) is 11.1. The molecular weight excluding hydrogens is 488 g/mol. The predicted molar refractivity (Wildman–Crippen MR) is 158 cm³/mol. The van der Waals surface area contributed by atoms with Crippen LogP contribution < -0.4 is 9.47 Å². The molecule has 0 spiro atoms. The SMILES string of the molecule is C=CCCCCCCCCCOc1ccc(C(=O)Oc2cc(CC(C)CC)c3cc(C(=O)O)ccc3c2)cc1. The standard InChI is InChI=1S/C34H42O5/c1-4-6-7-8-9-10-11-12-13-20-38-30-18-16-26(17-19-30)34(37)39-31-22-27-14-15-28(33(35)36)24-32(27)29(23-31)21-25(3)5-2/h4,14-19,22-25H,1,5-13,20-21H2,2-3H3,(H,35,36). The van der Waals surface area contributed by atoms with E-state index in [0.717, 1.165) is 54.2 Å². The van der Waals surface area contributed by atoms with E-state index in [1.54, 1.807) is 48.5 Å². The van der Waals surface area contributed by atoms with Crippen LogP contribution >= 0.6 is 0 Å². The zero-order valence-electron chi connectivity index (χ0n) is 23.4. The third kappa shape index (κ3) is 9.58. The van der Waals surface area contributed by atoms with Crippen molar-refractivity contribution < 1.29 is 24.2 Å². The number of carboxylic acids is 1. The maximum absolute atomic E-state index is 12.9. The van der Waals surface area contributed by atoms with Gasteiger partial charge in [0.25, 0.3) is 0 Å². The fourth-order valence-corrected chi connectivity index (χ4v) is 4.60. The molecular formula is C34H42O5. The molecule has 3 rings (SSSR count). The van der Waals surface area contributed by atoms with Crippen molar-refractivity contribution in [2.75, 3.05) is 6.61 Å². The molecule has 3 aromatic carbocycles. The number of hydrogen-bond donors (Lipinski definition) is 1. The van der Waals surface area contributed by atoms with E-state index in [-0.39, 0.29) is 5.56 Å². The van der Waals surface area contributed by atoms with Crippen LogP contribution in [0.2, 0.25) is 0 Å². The fraction of sp³-hybridized carbons (Fsp3) is 0.412. The van der Waals surface area contributed by atoms with Crippen LogP contribution in [0.5, 0.6) is 11.5 Å². The molecule has 0 aliphatic heterocycles. The van der Waals surface area contributed by atoms with Gasteiger partial charge in [0.1, 0.15) is 11.5 Å². The highest BCUT2D eigenvalue weighted by Gasteiger charge is 2.14. The first-order valence-corrected chi connectivity index (χ1v) is 14.3. The molecule has 0 heterocycles. The number of allylic oxidation sites excluding steroid dienone is 1. The van der Waals surface area contributed by atoms with Crippen LogP contribution in [0.15, 0.2) is 67.3 Å². The Balaban J connectivity index is 1.55. The number of rotatable bonds is 17. The second-order valence-corrected chi connectivity index (χ2v) is 10.4. The number of unbranched alkanes of at least 4 members (excludes halogenated alkanes) is 7. The Kier molecular flexibility index (Phi) is 12.1. The first-order valence-electron chi connectivity index (χ1n) is 14.3. The van der Waals surface area contributed by atoms with Gasteiger partial charge in [-0.2, -0.15) is 0 Å². The molecule has 0 saturated heterocycles. The van der Waals surface area contributed by atoms with Gasteiger partial charge in [-0.15, -0.1) is 6.58 Å². The van der Waals surface area contributed by atoms with Crippen LogP contribution in [0.3, 0.4) is 0 Å². The minimum atomic E-state index is -0.958. The zero-order valence-corrected chi connectivity index (χ0v) is 23.4. The lowest BCUT2D eigenvalue weighted by molar-refractivity contribution is 0.0694. The molecule has 5 nitrogen and oxygen atoms in total. The second kappa shape index (κ2) is 15.7. The predicted octanol–water partition coefficient (Wildman–Crippen LogP) is 9.03. The Bertz CT molecular complexity index is 1230. The van der Waals surface area contributed by atoms with Crippen LogP contribution in [0, 0.1) is 5.92 Å². The third-order valence-corrected chi connectivity index (χ3v) is 7.15. The molecule has 0 saturated carbocycles. The van der Waals surface area contributed by atoms with Crippen LogP contribution in [-0.4, -0.2) is 23.7 Å². The number of esters is 1. The second-order valence-electron chi connectivity index (χ2n) is 10.4. The van der Waals surface area contributed by atoms with Gasteiger partial charge in [0.15, 0.2) is 0 Å². The van der Waals surface area contributed by atoms with Gasteiger partial charge >= 0.3 is 11.9 Å². The highest BCUT2D eigenvalue weighted by molar-refractivity contribution is 5.97. The summed E-state index contributed by atoms with van der Waals surface area (Å²) >= 11 is 0. The number of hydrogen-bond acceptors (Lipinski definition) is 4. The van der Waals surface area contributed by atoms with E-state index in [1.807, 2.05) is 12.1 Å². The van der Waals surface area contributed by atoms with E-state index in [2.05, 4.69) is 20.4 Å². The molecule has 0 radical (unpaired) electrons. The van der Waals surface area contributed by atoms with Crippen LogP contribution in [0.25, 0.3) is 10.8 Å². The van der Waals surface area contributed by atoms with Gasteiger partial charge in [-0.05, 0) is 96.5 Å². The Morgan fingerprint density at radius 2 is 1.54 bits per heavy atom. The zero-order chi connectivity index (χ0) is 28.0. The molecule has 208 valence electrons. The summed E-state index contributed by atoms with van der Waals surface area (Å²) in [5.74, 6) is 0.208. The molecule has 0 aliphatic carbocycles. The lowest BCUT2D eigenvalue weighted by atomic mass is 9.93. The monoisotopic (exact) mass is 530 g/mol. The summed E-state index contributed by atoms with van der Waals surface area (Å²) in [5.41, 5.74) is 1.67. The molecule has 39 heavy (non-hydrogen) atoms. The van der Waals surface area contributed by atoms with Crippen molar-refractivity contribution >= 4 is 22.7 Å². The lowest BCUT2D eigenvalue weighted by Gasteiger charge is -2.14. The number of fused-ring (bicyclic) bond motifs is 1. The van der Waals surface area contributed by atoms with E-state index in [0.29, 0.717) is 23.8 Å². The smallest absolute Gasteiger partial charge is 0.343 e. The van der Waals surface area contributed by atoms with E-state index < -0.39 is 11.9 Å². The van der Waals surface area contributed by atoms with Gasteiger partial charge < -0.3 is 14.6 Å². The van der Waals surface area contributed by atoms with Gasteiger partial charge in [-0.3, -0.25) is 0 Å². The number of carboxylic acid groups (broad SMARTS) is 1. The third-order valence-electron chi connectivity index (χ3n) is 7.15. The average molecular weight is 531 g/mol. The minimum absolute atomic E-state index is 0.245. The Labute approximate surface area is 232 Å². The summed E-state index contributed by atoms with van der Waals surface area (Å²) in [4.78, 5) is 24.4. The lowest BCUT2D eigenvalue weighted by Crippen LogP contribution is -2.09. The summed E-state index contributed by atoms with van der Waals surface area (Å²) in [6.07, 6.45) is 13.4. The average Bonchev–Trinajstić information content (AvgIpc) is 2.94. The summed E-state index contributed by atoms with van der Waals surface area (Å²) in [7, 11) is 0. The van der Waals surface area contributed by atoms with Gasteiger partial charge in [0.05, 0.1) is 17.7 Å². The van der Waals surface area contributed by atoms with Gasteiger partial charge in [0, 0.05) is 0 Å². The van der Waals surface area contributed by atoms with Crippen molar-refractivity contribution in [2.45, 2.75) is 78.1 Å². The van der Waals surface area contributed by atoms with E-state index in [1.165, 1.54) is 32.1 Å². The van der Waals surface area contributed by atoms with Gasteiger partial charge in [0.2, 0.25) is 0 Å². The largest absolute Gasteiger partial charge is 0.494 e. The van der Waals surface area contributed by atoms with Gasteiger partial charge in [-0.25, -0.2) is 9.59 Å². The first-order chi connectivity index (χ1) is 18.9.